The van der Waals surface area contributed by atoms with E-state index in [1.807, 2.05) is 0 Å². The standard InChI is InChI=1S/C18H17BrFN3O4/c19-11-1-6-15(21)14(9-11)18(26)27-10-17(25)23(8-7-16(22)24)13-4-2-12(20)3-5-13/h1-6,9H,7-8,10,21H2,(H2,22,24). The van der Waals surface area contributed by atoms with Gasteiger partial charge in [0.2, 0.25) is 5.91 Å². The van der Waals surface area contributed by atoms with Gasteiger partial charge in [-0.3, -0.25) is 9.59 Å². The Labute approximate surface area is 163 Å². The summed E-state index contributed by atoms with van der Waals surface area (Å²) in [6.07, 6.45) is -0.102. The van der Waals surface area contributed by atoms with E-state index in [0.29, 0.717) is 10.2 Å². The Bertz CT molecular complexity index is 858. The van der Waals surface area contributed by atoms with Crippen molar-refractivity contribution >= 4 is 45.1 Å². The van der Waals surface area contributed by atoms with Crippen LogP contribution in [-0.2, 0) is 14.3 Å². The number of carbonyl (C=O) groups is 3. The summed E-state index contributed by atoms with van der Waals surface area (Å²) < 4.78 is 18.8. The zero-order valence-corrected chi connectivity index (χ0v) is 15.7. The second-order valence-electron chi connectivity index (χ2n) is 5.55. The molecule has 9 heteroatoms. The molecule has 2 aromatic rings. The Morgan fingerprint density at radius 2 is 1.78 bits per heavy atom. The van der Waals surface area contributed by atoms with Crippen LogP contribution in [0.15, 0.2) is 46.9 Å². The number of rotatable bonds is 7. The van der Waals surface area contributed by atoms with Crippen LogP contribution < -0.4 is 16.4 Å². The molecule has 0 radical (unpaired) electrons. The lowest BCUT2D eigenvalue weighted by molar-refractivity contribution is -0.121. The number of halogens is 2. The fourth-order valence-electron chi connectivity index (χ4n) is 2.23. The first kappa shape index (κ1) is 20.4. The van der Waals surface area contributed by atoms with Crippen molar-refractivity contribution < 1.29 is 23.5 Å². The van der Waals surface area contributed by atoms with Crippen molar-refractivity contribution in [3.05, 3.63) is 58.3 Å². The average Bonchev–Trinajstić information content (AvgIpc) is 2.63. The second kappa shape index (κ2) is 9.13. The number of nitrogens with zero attached hydrogens (tertiary/aromatic N) is 1. The molecule has 27 heavy (non-hydrogen) atoms. The molecular weight excluding hydrogens is 421 g/mol. The van der Waals surface area contributed by atoms with E-state index in [9.17, 15) is 18.8 Å². The predicted molar refractivity (Wildman–Crippen MR) is 101 cm³/mol. The number of carbonyl (C=O) groups excluding carboxylic acids is 3. The molecule has 0 fully saturated rings. The predicted octanol–water partition coefficient (Wildman–Crippen LogP) is 2.24. The van der Waals surface area contributed by atoms with E-state index in [2.05, 4.69) is 15.9 Å². The van der Waals surface area contributed by atoms with Gasteiger partial charge in [0.05, 0.1) is 5.56 Å². The highest BCUT2D eigenvalue weighted by Gasteiger charge is 2.20. The van der Waals surface area contributed by atoms with E-state index in [-0.39, 0.29) is 24.2 Å². The molecule has 0 saturated carbocycles. The van der Waals surface area contributed by atoms with Gasteiger partial charge in [-0.05, 0) is 42.5 Å². The van der Waals surface area contributed by atoms with E-state index in [0.717, 1.165) is 0 Å². The normalized spacial score (nSPS) is 10.3. The maximum atomic E-state index is 13.1. The van der Waals surface area contributed by atoms with Gasteiger partial charge >= 0.3 is 5.97 Å². The van der Waals surface area contributed by atoms with Gasteiger partial charge in [-0.25, -0.2) is 9.18 Å². The maximum Gasteiger partial charge on any atom is 0.340 e. The minimum Gasteiger partial charge on any atom is -0.452 e. The van der Waals surface area contributed by atoms with Crippen LogP contribution in [-0.4, -0.2) is 30.9 Å². The second-order valence-corrected chi connectivity index (χ2v) is 6.46. The fraction of sp³-hybridized carbons (Fsp3) is 0.167. The van der Waals surface area contributed by atoms with Crippen molar-refractivity contribution in [1.82, 2.24) is 0 Å². The Morgan fingerprint density at radius 3 is 2.41 bits per heavy atom. The molecule has 0 heterocycles. The first-order valence-corrected chi connectivity index (χ1v) is 8.63. The molecule has 7 nitrogen and oxygen atoms in total. The SMILES string of the molecule is NC(=O)CCN(C(=O)COC(=O)c1cc(Br)ccc1N)c1ccc(F)cc1. The van der Waals surface area contributed by atoms with Crippen LogP contribution in [0.25, 0.3) is 0 Å². The topological polar surface area (TPSA) is 116 Å². The fourth-order valence-corrected chi connectivity index (χ4v) is 2.59. The molecule has 0 bridgehead atoms. The summed E-state index contributed by atoms with van der Waals surface area (Å²) >= 11 is 3.23. The van der Waals surface area contributed by atoms with E-state index in [4.69, 9.17) is 16.2 Å². The highest BCUT2D eigenvalue weighted by atomic mass is 79.9. The van der Waals surface area contributed by atoms with Crippen LogP contribution in [0.5, 0.6) is 0 Å². The van der Waals surface area contributed by atoms with Crippen molar-refractivity contribution in [2.75, 3.05) is 23.8 Å². The minimum atomic E-state index is -0.767. The molecule has 0 unspecified atom stereocenters. The number of primary amides is 1. The zero-order valence-electron chi connectivity index (χ0n) is 14.2. The molecule has 0 spiro atoms. The molecule has 0 saturated heterocycles. The first-order chi connectivity index (χ1) is 12.8. The van der Waals surface area contributed by atoms with Crippen molar-refractivity contribution in [1.29, 1.82) is 0 Å². The van der Waals surface area contributed by atoms with Gasteiger partial charge in [-0.1, -0.05) is 15.9 Å². The van der Waals surface area contributed by atoms with Crippen molar-refractivity contribution in [3.8, 4) is 0 Å². The van der Waals surface area contributed by atoms with Crippen molar-refractivity contribution in [2.24, 2.45) is 5.73 Å². The van der Waals surface area contributed by atoms with Gasteiger partial charge in [0.25, 0.3) is 5.91 Å². The number of nitrogens with two attached hydrogens (primary N) is 2. The van der Waals surface area contributed by atoms with Crippen LogP contribution in [0.3, 0.4) is 0 Å². The number of benzene rings is 2. The molecule has 0 aliphatic rings. The van der Waals surface area contributed by atoms with E-state index in [1.54, 1.807) is 6.07 Å². The zero-order chi connectivity index (χ0) is 20.0. The highest BCUT2D eigenvalue weighted by molar-refractivity contribution is 9.10. The first-order valence-electron chi connectivity index (χ1n) is 7.84. The number of ether oxygens (including phenoxy) is 1. The van der Waals surface area contributed by atoms with E-state index in [1.165, 1.54) is 41.3 Å². The van der Waals surface area contributed by atoms with Crippen molar-refractivity contribution in [2.45, 2.75) is 6.42 Å². The van der Waals surface area contributed by atoms with Gasteiger partial charge in [-0.2, -0.15) is 0 Å². The summed E-state index contributed by atoms with van der Waals surface area (Å²) in [6, 6.07) is 9.78. The Kier molecular flexibility index (Phi) is 6.89. The molecule has 0 aromatic heterocycles. The summed E-state index contributed by atoms with van der Waals surface area (Å²) in [4.78, 5) is 36.9. The summed E-state index contributed by atoms with van der Waals surface area (Å²) in [5.41, 5.74) is 11.5. The number of anilines is 2. The molecule has 142 valence electrons. The lowest BCUT2D eigenvalue weighted by atomic mass is 10.2. The molecule has 2 amide bonds. The molecule has 2 rings (SSSR count). The average molecular weight is 438 g/mol. The Hall–Kier alpha value is -2.94. The lowest BCUT2D eigenvalue weighted by Crippen LogP contribution is -2.37. The van der Waals surface area contributed by atoms with Gasteiger partial charge in [0, 0.05) is 28.8 Å². The minimum absolute atomic E-state index is 0.0314. The summed E-state index contributed by atoms with van der Waals surface area (Å²) in [5, 5.41) is 0. The van der Waals surface area contributed by atoms with Gasteiger partial charge in [0.1, 0.15) is 5.82 Å². The van der Waals surface area contributed by atoms with Crippen molar-refractivity contribution in [3.63, 3.8) is 0 Å². The van der Waals surface area contributed by atoms with Crippen LogP contribution in [0, 0.1) is 5.82 Å². The molecule has 2 aromatic carbocycles. The third-order valence-corrected chi connectivity index (χ3v) is 4.08. The monoisotopic (exact) mass is 437 g/mol. The Morgan fingerprint density at radius 1 is 1.11 bits per heavy atom. The molecule has 4 N–H and O–H groups in total. The van der Waals surface area contributed by atoms with Crippen LogP contribution in [0.2, 0.25) is 0 Å². The number of hydrogen-bond donors (Lipinski definition) is 2. The quantitative estimate of drug-likeness (QED) is 0.508. The number of amides is 2. The van der Waals surface area contributed by atoms with Gasteiger partial charge in [-0.15, -0.1) is 0 Å². The summed E-state index contributed by atoms with van der Waals surface area (Å²) in [6.45, 7) is -0.614. The number of nitrogen functional groups attached to an aromatic ring is 1. The van der Waals surface area contributed by atoms with Crippen LogP contribution in [0.4, 0.5) is 15.8 Å². The maximum absolute atomic E-state index is 13.1. The lowest BCUT2D eigenvalue weighted by Gasteiger charge is -2.22. The van der Waals surface area contributed by atoms with Gasteiger partial charge in [0.15, 0.2) is 6.61 Å². The summed E-state index contributed by atoms with van der Waals surface area (Å²) in [5.74, 6) is -2.44. The summed E-state index contributed by atoms with van der Waals surface area (Å²) in [7, 11) is 0. The van der Waals surface area contributed by atoms with Crippen LogP contribution >= 0.6 is 15.9 Å². The third-order valence-electron chi connectivity index (χ3n) is 3.58. The van der Waals surface area contributed by atoms with E-state index >= 15 is 0 Å². The largest absolute Gasteiger partial charge is 0.452 e. The third kappa shape index (κ3) is 5.78. The number of hydrogen-bond acceptors (Lipinski definition) is 5. The Balaban J connectivity index is 2.10. The molecule has 0 aliphatic carbocycles. The molecule has 0 atom stereocenters. The van der Waals surface area contributed by atoms with Crippen LogP contribution in [0.1, 0.15) is 16.8 Å². The number of esters is 1. The smallest absolute Gasteiger partial charge is 0.340 e. The van der Waals surface area contributed by atoms with Gasteiger partial charge < -0.3 is 21.1 Å². The molecule has 0 aliphatic heterocycles. The highest BCUT2D eigenvalue weighted by Crippen LogP contribution is 2.20. The van der Waals surface area contributed by atoms with E-state index < -0.39 is 30.2 Å². The molecular formula is C18H17BrFN3O4.